The highest BCUT2D eigenvalue weighted by atomic mass is 79.9. The van der Waals surface area contributed by atoms with Gasteiger partial charge < -0.3 is 4.74 Å². The van der Waals surface area contributed by atoms with Crippen molar-refractivity contribution in [1.82, 2.24) is 16.2 Å². The fourth-order valence-corrected chi connectivity index (χ4v) is 3.21. The Morgan fingerprint density at radius 3 is 2.37 bits per heavy atom. The van der Waals surface area contributed by atoms with E-state index in [1.54, 1.807) is 18.2 Å². The zero-order valence-electron chi connectivity index (χ0n) is 13.3. The van der Waals surface area contributed by atoms with Crippen molar-refractivity contribution >= 4 is 79.9 Å². The van der Waals surface area contributed by atoms with Gasteiger partial charge in [0.25, 0.3) is 11.8 Å². The standard InChI is InChI=1S/C16H11BrCl3N3O3S/c17-11-5-8(18)2-4-13(11)26-7-14(24)22-23-16(27)21-15(25)10-3-1-9(19)6-12(10)20/h1-6H,7H2,(H,22,24)(H2,21,23,25,27). The summed E-state index contributed by atoms with van der Waals surface area (Å²) in [5.41, 5.74) is 4.88. The fraction of sp³-hybridized carbons (Fsp3) is 0.0625. The summed E-state index contributed by atoms with van der Waals surface area (Å²) < 4.78 is 5.95. The van der Waals surface area contributed by atoms with Crippen LogP contribution >= 0.6 is 63.0 Å². The van der Waals surface area contributed by atoms with Crippen LogP contribution in [0, 0.1) is 0 Å². The van der Waals surface area contributed by atoms with Gasteiger partial charge in [-0.1, -0.05) is 34.8 Å². The van der Waals surface area contributed by atoms with E-state index in [0.717, 1.165) is 0 Å². The molecule has 2 aromatic rings. The largest absolute Gasteiger partial charge is 0.483 e. The molecule has 11 heteroatoms. The van der Waals surface area contributed by atoms with Crippen LogP contribution in [0.2, 0.25) is 15.1 Å². The van der Waals surface area contributed by atoms with Crippen molar-refractivity contribution in [3.63, 3.8) is 0 Å². The summed E-state index contributed by atoms with van der Waals surface area (Å²) >= 11 is 25.8. The van der Waals surface area contributed by atoms with Crippen LogP contribution in [-0.2, 0) is 4.79 Å². The van der Waals surface area contributed by atoms with Crippen molar-refractivity contribution in [2.75, 3.05) is 6.61 Å². The lowest BCUT2D eigenvalue weighted by molar-refractivity contribution is -0.123. The van der Waals surface area contributed by atoms with E-state index in [1.165, 1.54) is 18.2 Å². The molecule has 0 aromatic heterocycles. The minimum atomic E-state index is -0.551. The second kappa shape index (κ2) is 10.1. The van der Waals surface area contributed by atoms with Gasteiger partial charge in [-0.3, -0.25) is 25.8 Å². The Labute approximate surface area is 183 Å². The van der Waals surface area contributed by atoms with E-state index in [4.69, 9.17) is 51.8 Å². The van der Waals surface area contributed by atoms with Crippen molar-refractivity contribution in [3.05, 3.63) is 61.5 Å². The molecule has 0 unspecified atom stereocenters. The highest BCUT2D eigenvalue weighted by Crippen LogP contribution is 2.27. The minimum Gasteiger partial charge on any atom is -0.483 e. The lowest BCUT2D eigenvalue weighted by Crippen LogP contribution is -2.49. The average molecular weight is 512 g/mol. The highest BCUT2D eigenvalue weighted by Gasteiger charge is 2.13. The Morgan fingerprint density at radius 1 is 1.04 bits per heavy atom. The number of amides is 2. The molecule has 27 heavy (non-hydrogen) atoms. The van der Waals surface area contributed by atoms with Gasteiger partial charge in [0, 0.05) is 10.0 Å². The first-order valence-corrected chi connectivity index (χ1v) is 9.53. The number of carbonyl (C=O) groups excluding carboxylic acids is 2. The number of benzene rings is 2. The lowest BCUT2D eigenvalue weighted by Gasteiger charge is -2.12. The molecule has 0 aliphatic heterocycles. The summed E-state index contributed by atoms with van der Waals surface area (Å²) in [6.07, 6.45) is 0. The molecule has 0 atom stereocenters. The molecule has 2 aromatic carbocycles. The number of rotatable bonds is 4. The molecule has 2 amide bonds. The first kappa shape index (κ1) is 21.7. The van der Waals surface area contributed by atoms with Gasteiger partial charge in [0.1, 0.15) is 5.75 Å². The van der Waals surface area contributed by atoms with Crippen molar-refractivity contribution in [1.29, 1.82) is 0 Å². The van der Waals surface area contributed by atoms with E-state index in [9.17, 15) is 9.59 Å². The van der Waals surface area contributed by atoms with Gasteiger partial charge in [-0.05, 0) is 64.5 Å². The molecule has 142 valence electrons. The molecule has 0 heterocycles. The predicted molar refractivity (Wildman–Crippen MR) is 112 cm³/mol. The monoisotopic (exact) mass is 509 g/mol. The Balaban J connectivity index is 1.79. The molecule has 0 radical (unpaired) electrons. The number of carbonyl (C=O) groups is 2. The topological polar surface area (TPSA) is 79.5 Å². The van der Waals surface area contributed by atoms with Gasteiger partial charge >= 0.3 is 0 Å². The maximum atomic E-state index is 12.1. The molecular formula is C16H11BrCl3N3O3S. The molecule has 0 saturated heterocycles. The van der Waals surface area contributed by atoms with Crippen molar-refractivity contribution < 1.29 is 14.3 Å². The molecule has 0 fully saturated rings. The highest BCUT2D eigenvalue weighted by molar-refractivity contribution is 9.10. The second-order valence-corrected chi connectivity index (χ2v) is 7.49. The normalized spacial score (nSPS) is 10.1. The van der Waals surface area contributed by atoms with E-state index in [-0.39, 0.29) is 22.3 Å². The number of hydrogen-bond donors (Lipinski definition) is 3. The van der Waals surface area contributed by atoms with Gasteiger partial charge in [0.2, 0.25) is 0 Å². The SMILES string of the molecule is O=C(COc1ccc(Cl)cc1Br)NNC(=S)NC(=O)c1ccc(Cl)cc1Cl. The number of nitrogens with one attached hydrogen (secondary N) is 3. The summed E-state index contributed by atoms with van der Waals surface area (Å²) in [6, 6.07) is 9.30. The van der Waals surface area contributed by atoms with Crippen molar-refractivity contribution in [2.45, 2.75) is 0 Å². The van der Waals surface area contributed by atoms with Crippen LogP contribution in [0.25, 0.3) is 0 Å². The quantitative estimate of drug-likeness (QED) is 0.425. The number of ether oxygens (including phenoxy) is 1. The lowest BCUT2D eigenvalue weighted by atomic mass is 10.2. The Hall–Kier alpha value is -1.58. The number of thiocarbonyl (C=S) groups is 1. The average Bonchev–Trinajstić information content (AvgIpc) is 2.59. The van der Waals surface area contributed by atoms with Crippen LogP contribution in [0.15, 0.2) is 40.9 Å². The first-order chi connectivity index (χ1) is 12.8. The van der Waals surface area contributed by atoms with Gasteiger partial charge in [-0.25, -0.2) is 0 Å². The number of halogens is 4. The summed E-state index contributed by atoms with van der Waals surface area (Å²) in [5.74, 6) is -0.620. The van der Waals surface area contributed by atoms with Crippen LogP contribution in [0.5, 0.6) is 5.75 Å². The summed E-state index contributed by atoms with van der Waals surface area (Å²) in [5, 5.41) is 3.36. The van der Waals surface area contributed by atoms with Gasteiger partial charge in [0.15, 0.2) is 11.7 Å². The third-order valence-electron chi connectivity index (χ3n) is 2.97. The van der Waals surface area contributed by atoms with Crippen LogP contribution in [0.1, 0.15) is 10.4 Å². The van der Waals surface area contributed by atoms with Crippen LogP contribution in [0.3, 0.4) is 0 Å². The maximum Gasteiger partial charge on any atom is 0.276 e. The van der Waals surface area contributed by atoms with E-state index >= 15 is 0 Å². The number of hydrazine groups is 1. The maximum absolute atomic E-state index is 12.1. The summed E-state index contributed by atoms with van der Waals surface area (Å²) in [7, 11) is 0. The molecule has 0 aliphatic carbocycles. The molecular weight excluding hydrogens is 501 g/mol. The molecule has 0 bridgehead atoms. The molecule has 0 spiro atoms. The van der Waals surface area contributed by atoms with Gasteiger partial charge in [-0.2, -0.15) is 0 Å². The molecule has 6 nitrogen and oxygen atoms in total. The fourth-order valence-electron chi connectivity index (χ4n) is 1.77. The second-order valence-electron chi connectivity index (χ2n) is 4.94. The molecule has 0 aliphatic rings. The molecule has 3 N–H and O–H groups in total. The number of hydrogen-bond acceptors (Lipinski definition) is 4. The van der Waals surface area contributed by atoms with Gasteiger partial charge in [-0.15, -0.1) is 0 Å². The first-order valence-electron chi connectivity index (χ1n) is 7.19. The Kier molecular flexibility index (Phi) is 8.12. The zero-order chi connectivity index (χ0) is 20.0. The third kappa shape index (κ3) is 6.82. The van der Waals surface area contributed by atoms with E-state index in [2.05, 4.69) is 32.1 Å². The van der Waals surface area contributed by atoms with Crippen LogP contribution in [0.4, 0.5) is 0 Å². The van der Waals surface area contributed by atoms with Crippen LogP contribution in [-0.4, -0.2) is 23.5 Å². The zero-order valence-corrected chi connectivity index (χ0v) is 18.0. The Bertz CT molecular complexity index is 898. The smallest absolute Gasteiger partial charge is 0.276 e. The predicted octanol–water partition coefficient (Wildman–Crippen LogP) is 4.12. The van der Waals surface area contributed by atoms with Crippen molar-refractivity contribution in [2.24, 2.45) is 0 Å². The molecule has 0 saturated carbocycles. The Morgan fingerprint density at radius 2 is 1.70 bits per heavy atom. The van der Waals surface area contributed by atoms with E-state index < -0.39 is 11.8 Å². The summed E-state index contributed by atoms with van der Waals surface area (Å²) in [6.45, 7) is -0.285. The third-order valence-corrected chi connectivity index (χ3v) is 4.58. The summed E-state index contributed by atoms with van der Waals surface area (Å²) in [4.78, 5) is 23.9. The van der Waals surface area contributed by atoms with E-state index in [0.29, 0.717) is 20.3 Å². The minimum absolute atomic E-state index is 0.118. The van der Waals surface area contributed by atoms with E-state index in [1.807, 2.05) is 0 Å². The van der Waals surface area contributed by atoms with Crippen molar-refractivity contribution in [3.8, 4) is 5.75 Å². The van der Waals surface area contributed by atoms with Gasteiger partial charge in [0.05, 0.1) is 15.1 Å². The molecule has 2 rings (SSSR count). The van der Waals surface area contributed by atoms with Crippen LogP contribution < -0.4 is 20.9 Å².